The summed E-state index contributed by atoms with van der Waals surface area (Å²) in [6.45, 7) is 11.3. The smallest absolute Gasteiger partial charge is 0.251 e. The normalized spacial score (nSPS) is 22.3. The molecule has 1 saturated carbocycles. The molecule has 1 N–H and O–H groups in total. The lowest BCUT2D eigenvalue weighted by Crippen LogP contribution is -2.34. The van der Waals surface area contributed by atoms with Crippen molar-refractivity contribution in [2.24, 2.45) is 10.8 Å². The zero-order valence-electron chi connectivity index (χ0n) is 14.9. The van der Waals surface area contributed by atoms with Gasteiger partial charge in [0, 0.05) is 11.6 Å². The van der Waals surface area contributed by atoms with E-state index in [-0.39, 0.29) is 22.6 Å². The Morgan fingerprint density at radius 2 is 1.74 bits per heavy atom. The molecule has 1 aliphatic heterocycles. The van der Waals surface area contributed by atoms with Crippen LogP contribution < -0.4 is 10.8 Å². The average Bonchev–Trinajstić information content (AvgIpc) is 3.20. The van der Waals surface area contributed by atoms with E-state index in [0.29, 0.717) is 23.9 Å². The Balaban J connectivity index is 1.92. The van der Waals surface area contributed by atoms with E-state index >= 15 is 0 Å². The standard InChI is InChI=1S/C19H27BFNO/c1-12-15(20-10-18(2,3)19(4,5)11-20)8-13(9-16(12)21)17(23)22-14-6-7-14/h8-9,14H,6-7,10-11H2,1-5H3,(H,22,23). The topological polar surface area (TPSA) is 29.1 Å². The number of hydrogen-bond acceptors (Lipinski definition) is 1. The molecule has 4 heteroatoms. The van der Waals surface area contributed by atoms with Gasteiger partial charge in [0.25, 0.3) is 5.91 Å². The molecule has 0 spiro atoms. The number of halogens is 1. The maximum absolute atomic E-state index is 14.4. The zero-order valence-corrected chi connectivity index (χ0v) is 14.9. The van der Waals surface area contributed by atoms with Crippen molar-refractivity contribution in [2.45, 2.75) is 66.1 Å². The average molecular weight is 315 g/mol. The summed E-state index contributed by atoms with van der Waals surface area (Å²) in [5.74, 6) is -0.393. The van der Waals surface area contributed by atoms with Gasteiger partial charge in [-0.05, 0) is 42.2 Å². The van der Waals surface area contributed by atoms with Crippen molar-refractivity contribution >= 4 is 18.1 Å². The summed E-state index contributed by atoms with van der Waals surface area (Å²) in [4.78, 5) is 12.3. The highest BCUT2D eigenvalue weighted by molar-refractivity contribution is 6.74. The van der Waals surface area contributed by atoms with Gasteiger partial charge in [-0.25, -0.2) is 4.39 Å². The van der Waals surface area contributed by atoms with E-state index in [1.165, 1.54) is 6.07 Å². The van der Waals surface area contributed by atoms with Gasteiger partial charge in [0.1, 0.15) is 5.82 Å². The van der Waals surface area contributed by atoms with Crippen LogP contribution in [0.1, 0.15) is 56.5 Å². The summed E-state index contributed by atoms with van der Waals surface area (Å²) in [6.07, 6.45) is 4.15. The molecule has 2 fully saturated rings. The van der Waals surface area contributed by atoms with Gasteiger partial charge < -0.3 is 5.32 Å². The third-order valence-electron chi connectivity index (χ3n) is 6.34. The van der Waals surface area contributed by atoms with Crippen LogP contribution in [0.3, 0.4) is 0 Å². The summed E-state index contributed by atoms with van der Waals surface area (Å²) in [7, 11) is 0. The molecule has 2 nitrogen and oxygen atoms in total. The molecule has 0 radical (unpaired) electrons. The lowest BCUT2D eigenvalue weighted by Gasteiger charge is -2.35. The minimum absolute atomic E-state index is 0.135. The van der Waals surface area contributed by atoms with Crippen molar-refractivity contribution < 1.29 is 9.18 Å². The summed E-state index contributed by atoms with van der Waals surface area (Å²) >= 11 is 0. The Labute approximate surface area is 139 Å². The SMILES string of the molecule is Cc1c(F)cc(C(=O)NC2CC2)cc1B1CC(C)(C)C(C)(C)C1. The predicted octanol–water partition coefficient (Wildman–Crippen LogP) is 3.79. The van der Waals surface area contributed by atoms with Crippen LogP contribution in [0.25, 0.3) is 0 Å². The van der Waals surface area contributed by atoms with Crippen molar-refractivity contribution in [3.8, 4) is 0 Å². The number of rotatable bonds is 3. The van der Waals surface area contributed by atoms with E-state index in [9.17, 15) is 9.18 Å². The number of carbonyl (C=O) groups excluding carboxylic acids is 1. The number of carbonyl (C=O) groups is 1. The summed E-state index contributed by atoms with van der Waals surface area (Å²) < 4.78 is 14.4. The van der Waals surface area contributed by atoms with E-state index in [4.69, 9.17) is 0 Å². The van der Waals surface area contributed by atoms with Gasteiger partial charge in [-0.15, -0.1) is 0 Å². The van der Waals surface area contributed by atoms with E-state index < -0.39 is 0 Å². The zero-order chi connectivity index (χ0) is 17.0. The summed E-state index contributed by atoms with van der Waals surface area (Å²) in [5, 5.41) is 2.96. The van der Waals surface area contributed by atoms with Crippen molar-refractivity contribution in [3.63, 3.8) is 0 Å². The fourth-order valence-corrected chi connectivity index (χ4v) is 3.83. The molecular weight excluding hydrogens is 288 g/mol. The molecule has 2 aliphatic rings. The second kappa shape index (κ2) is 5.36. The van der Waals surface area contributed by atoms with E-state index in [0.717, 1.165) is 30.9 Å². The number of amides is 1. The van der Waals surface area contributed by atoms with Crippen LogP contribution in [-0.2, 0) is 0 Å². The lowest BCUT2D eigenvalue weighted by atomic mass is 9.41. The molecule has 3 rings (SSSR count). The minimum atomic E-state index is -0.258. The second-order valence-corrected chi connectivity index (χ2v) is 8.79. The molecule has 0 unspecified atom stereocenters. The molecule has 1 aromatic rings. The maximum Gasteiger partial charge on any atom is 0.251 e. The van der Waals surface area contributed by atoms with Gasteiger partial charge in [0.15, 0.2) is 6.71 Å². The number of nitrogens with one attached hydrogen (secondary N) is 1. The van der Waals surface area contributed by atoms with Crippen LogP contribution in [0.4, 0.5) is 4.39 Å². The van der Waals surface area contributed by atoms with Crippen LogP contribution in [-0.4, -0.2) is 18.7 Å². The highest BCUT2D eigenvalue weighted by atomic mass is 19.1. The molecule has 23 heavy (non-hydrogen) atoms. The number of benzene rings is 1. The Kier molecular flexibility index (Phi) is 3.85. The van der Waals surface area contributed by atoms with Gasteiger partial charge in [0.2, 0.25) is 0 Å². The van der Waals surface area contributed by atoms with Gasteiger partial charge in [-0.3, -0.25) is 4.79 Å². The highest BCUT2D eigenvalue weighted by Crippen LogP contribution is 2.52. The quantitative estimate of drug-likeness (QED) is 0.845. The molecular formula is C19H27BFNO. The van der Waals surface area contributed by atoms with Crippen LogP contribution >= 0.6 is 0 Å². The lowest BCUT2D eigenvalue weighted by molar-refractivity contribution is 0.0950. The largest absolute Gasteiger partial charge is 0.349 e. The van der Waals surface area contributed by atoms with Crippen molar-refractivity contribution in [2.75, 3.05) is 0 Å². The van der Waals surface area contributed by atoms with E-state index in [2.05, 4.69) is 33.0 Å². The number of hydrogen-bond donors (Lipinski definition) is 1. The van der Waals surface area contributed by atoms with Crippen LogP contribution in [0.5, 0.6) is 0 Å². The van der Waals surface area contributed by atoms with Gasteiger partial charge >= 0.3 is 0 Å². The molecule has 1 amide bonds. The third kappa shape index (κ3) is 3.05. The molecule has 0 aromatic heterocycles. The summed E-state index contributed by atoms with van der Waals surface area (Å²) in [5.41, 5.74) is 2.62. The van der Waals surface area contributed by atoms with Crippen molar-refractivity contribution in [1.29, 1.82) is 0 Å². The van der Waals surface area contributed by atoms with Gasteiger partial charge in [-0.2, -0.15) is 0 Å². The maximum atomic E-state index is 14.4. The third-order valence-corrected chi connectivity index (χ3v) is 6.34. The fourth-order valence-electron chi connectivity index (χ4n) is 3.83. The Morgan fingerprint density at radius 1 is 1.17 bits per heavy atom. The van der Waals surface area contributed by atoms with Gasteiger partial charge in [-0.1, -0.05) is 51.9 Å². The first-order chi connectivity index (χ1) is 10.6. The predicted molar refractivity (Wildman–Crippen MR) is 94.2 cm³/mol. The van der Waals surface area contributed by atoms with Gasteiger partial charge in [0.05, 0.1) is 0 Å². The first kappa shape index (κ1) is 16.5. The molecule has 1 saturated heterocycles. The molecule has 0 atom stereocenters. The fraction of sp³-hybridized carbons (Fsp3) is 0.632. The van der Waals surface area contributed by atoms with Crippen LogP contribution in [0, 0.1) is 23.6 Å². The minimum Gasteiger partial charge on any atom is -0.349 e. The molecule has 1 heterocycles. The second-order valence-electron chi connectivity index (χ2n) is 8.79. The van der Waals surface area contributed by atoms with Crippen molar-refractivity contribution in [1.82, 2.24) is 5.32 Å². The first-order valence-electron chi connectivity index (χ1n) is 8.72. The van der Waals surface area contributed by atoms with Crippen molar-refractivity contribution in [3.05, 3.63) is 29.1 Å². The summed E-state index contributed by atoms with van der Waals surface area (Å²) in [6, 6.07) is 3.61. The Bertz CT molecular complexity index is 633. The Morgan fingerprint density at radius 3 is 2.26 bits per heavy atom. The molecule has 124 valence electrons. The monoisotopic (exact) mass is 315 g/mol. The highest BCUT2D eigenvalue weighted by Gasteiger charge is 2.48. The molecule has 1 aliphatic carbocycles. The van der Waals surface area contributed by atoms with Crippen LogP contribution in [0.15, 0.2) is 12.1 Å². The first-order valence-corrected chi connectivity index (χ1v) is 8.72. The Hall–Kier alpha value is -1.32. The van der Waals surface area contributed by atoms with E-state index in [1.807, 2.05) is 13.0 Å². The molecule has 0 bridgehead atoms. The molecule has 1 aromatic carbocycles. The van der Waals surface area contributed by atoms with E-state index in [1.54, 1.807) is 0 Å². The van der Waals surface area contributed by atoms with Crippen LogP contribution in [0.2, 0.25) is 12.6 Å².